The van der Waals surface area contributed by atoms with Crippen LogP contribution >= 0.6 is 0 Å². The lowest BCUT2D eigenvalue weighted by atomic mass is 10.2. The summed E-state index contributed by atoms with van der Waals surface area (Å²) >= 11 is 0. The van der Waals surface area contributed by atoms with Crippen molar-refractivity contribution in [3.63, 3.8) is 0 Å². The summed E-state index contributed by atoms with van der Waals surface area (Å²) in [7, 11) is 1.92. The van der Waals surface area contributed by atoms with E-state index >= 15 is 0 Å². The Morgan fingerprint density at radius 3 is 2.64 bits per heavy atom. The first-order chi connectivity index (χ1) is 6.75. The van der Waals surface area contributed by atoms with Crippen LogP contribution < -0.4 is 5.43 Å². The Morgan fingerprint density at radius 1 is 1.36 bits per heavy atom. The molecular weight excluding hydrogens is 176 g/mol. The van der Waals surface area contributed by atoms with Crippen LogP contribution in [0.2, 0.25) is 0 Å². The van der Waals surface area contributed by atoms with Gasteiger partial charge >= 0.3 is 0 Å². The van der Waals surface area contributed by atoms with Crippen molar-refractivity contribution in [2.24, 2.45) is 7.05 Å². The lowest BCUT2D eigenvalue weighted by molar-refractivity contribution is 0.724. The lowest BCUT2D eigenvalue weighted by Gasteiger charge is -2.14. The molecular formula is C10H14N4. The topological polar surface area (TPSA) is 34.8 Å². The fourth-order valence-electron chi connectivity index (χ4n) is 1.38. The van der Waals surface area contributed by atoms with E-state index < -0.39 is 0 Å². The SMILES string of the molecule is CC(Nn1cccc1)c1cnn(C)c1. The van der Waals surface area contributed by atoms with Crippen LogP contribution in [0.25, 0.3) is 0 Å². The zero-order valence-corrected chi connectivity index (χ0v) is 8.38. The highest BCUT2D eigenvalue weighted by Gasteiger charge is 2.05. The summed E-state index contributed by atoms with van der Waals surface area (Å²) in [6.45, 7) is 2.11. The normalized spacial score (nSPS) is 12.7. The molecule has 0 aliphatic rings. The molecule has 0 radical (unpaired) electrons. The maximum atomic E-state index is 4.13. The standard InChI is InChI=1S/C10H14N4/c1-9(10-7-11-13(2)8-10)12-14-5-3-4-6-14/h3-9,12H,1-2H3. The quantitative estimate of drug-likeness (QED) is 0.796. The number of hydrogen-bond acceptors (Lipinski definition) is 2. The van der Waals surface area contributed by atoms with Gasteiger partial charge in [-0.1, -0.05) is 0 Å². The van der Waals surface area contributed by atoms with Gasteiger partial charge in [0.15, 0.2) is 0 Å². The largest absolute Gasteiger partial charge is 0.319 e. The van der Waals surface area contributed by atoms with Gasteiger partial charge in [-0.3, -0.25) is 9.36 Å². The fraction of sp³-hybridized carbons (Fsp3) is 0.300. The zero-order chi connectivity index (χ0) is 9.97. The number of nitrogens with zero attached hydrogens (tertiary/aromatic N) is 3. The Kier molecular flexibility index (Phi) is 2.26. The monoisotopic (exact) mass is 190 g/mol. The number of nitrogens with one attached hydrogen (secondary N) is 1. The maximum absolute atomic E-state index is 4.13. The van der Waals surface area contributed by atoms with Gasteiger partial charge < -0.3 is 5.43 Å². The van der Waals surface area contributed by atoms with Crippen molar-refractivity contribution in [2.45, 2.75) is 13.0 Å². The molecule has 0 spiro atoms. The molecule has 0 aromatic carbocycles. The van der Waals surface area contributed by atoms with Crippen LogP contribution in [0.1, 0.15) is 18.5 Å². The summed E-state index contributed by atoms with van der Waals surface area (Å²) in [4.78, 5) is 0. The van der Waals surface area contributed by atoms with Gasteiger partial charge in [-0.2, -0.15) is 5.10 Å². The van der Waals surface area contributed by atoms with Crippen LogP contribution in [-0.4, -0.2) is 14.5 Å². The first-order valence-electron chi connectivity index (χ1n) is 4.64. The van der Waals surface area contributed by atoms with E-state index in [0.717, 1.165) is 0 Å². The molecule has 2 aromatic heterocycles. The van der Waals surface area contributed by atoms with Crippen LogP contribution in [0.4, 0.5) is 0 Å². The first-order valence-corrected chi connectivity index (χ1v) is 4.64. The van der Waals surface area contributed by atoms with Crippen molar-refractivity contribution >= 4 is 0 Å². The van der Waals surface area contributed by atoms with Gasteiger partial charge in [0.25, 0.3) is 0 Å². The second-order valence-electron chi connectivity index (χ2n) is 3.39. The maximum Gasteiger partial charge on any atom is 0.0676 e. The smallest absolute Gasteiger partial charge is 0.0676 e. The minimum absolute atomic E-state index is 0.260. The molecule has 1 N–H and O–H groups in total. The molecule has 2 aromatic rings. The molecule has 2 heterocycles. The van der Waals surface area contributed by atoms with E-state index in [1.165, 1.54) is 5.56 Å². The van der Waals surface area contributed by atoms with Gasteiger partial charge in [0, 0.05) is 31.2 Å². The Labute approximate surface area is 83.1 Å². The molecule has 2 rings (SSSR count). The third-order valence-electron chi connectivity index (χ3n) is 2.17. The predicted octanol–water partition coefficient (Wildman–Crippen LogP) is 1.53. The van der Waals surface area contributed by atoms with Gasteiger partial charge in [0.05, 0.1) is 12.2 Å². The molecule has 0 saturated carbocycles. The third kappa shape index (κ3) is 1.79. The molecule has 0 aliphatic carbocycles. The van der Waals surface area contributed by atoms with Gasteiger partial charge in [0.2, 0.25) is 0 Å². The molecule has 0 fully saturated rings. The highest BCUT2D eigenvalue weighted by atomic mass is 15.4. The lowest BCUT2D eigenvalue weighted by Crippen LogP contribution is -2.16. The molecule has 74 valence electrons. The van der Waals surface area contributed by atoms with Crippen molar-refractivity contribution in [1.29, 1.82) is 0 Å². The minimum Gasteiger partial charge on any atom is -0.319 e. The van der Waals surface area contributed by atoms with Crippen molar-refractivity contribution in [3.05, 3.63) is 42.5 Å². The number of aryl methyl sites for hydroxylation is 1. The van der Waals surface area contributed by atoms with Crippen molar-refractivity contribution in [3.8, 4) is 0 Å². The van der Waals surface area contributed by atoms with Crippen LogP contribution in [0, 0.1) is 0 Å². The minimum atomic E-state index is 0.260. The highest BCUT2D eigenvalue weighted by Crippen LogP contribution is 2.11. The van der Waals surface area contributed by atoms with E-state index in [9.17, 15) is 0 Å². The Hall–Kier alpha value is -1.71. The van der Waals surface area contributed by atoms with Crippen molar-refractivity contribution < 1.29 is 0 Å². The van der Waals surface area contributed by atoms with Crippen molar-refractivity contribution in [1.82, 2.24) is 14.5 Å². The summed E-state index contributed by atoms with van der Waals surface area (Å²) in [6, 6.07) is 4.24. The number of hydrogen-bond donors (Lipinski definition) is 1. The van der Waals surface area contributed by atoms with Gasteiger partial charge in [-0.15, -0.1) is 0 Å². The highest BCUT2D eigenvalue weighted by molar-refractivity contribution is 5.12. The molecule has 14 heavy (non-hydrogen) atoms. The van der Waals surface area contributed by atoms with E-state index in [4.69, 9.17) is 0 Å². The summed E-state index contributed by atoms with van der Waals surface area (Å²) < 4.78 is 3.75. The van der Waals surface area contributed by atoms with E-state index in [1.54, 1.807) is 0 Å². The predicted molar refractivity (Wildman–Crippen MR) is 55.4 cm³/mol. The number of rotatable bonds is 3. The van der Waals surface area contributed by atoms with E-state index in [1.807, 2.05) is 53.3 Å². The first kappa shape index (κ1) is 8.87. The third-order valence-corrected chi connectivity index (χ3v) is 2.17. The van der Waals surface area contributed by atoms with Gasteiger partial charge in [0.1, 0.15) is 0 Å². The summed E-state index contributed by atoms with van der Waals surface area (Å²) in [5, 5.41) is 4.13. The summed E-state index contributed by atoms with van der Waals surface area (Å²) in [6.07, 6.45) is 7.85. The second-order valence-corrected chi connectivity index (χ2v) is 3.39. The molecule has 0 saturated heterocycles. The molecule has 0 bridgehead atoms. The summed E-state index contributed by atoms with van der Waals surface area (Å²) in [5.41, 5.74) is 4.50. The van der Waals surface area contributed by atoms with Crippen LogP contribution in [0.5, 0.6) is 0 Å². The molecule has 0 aliphatic heterocycles. The van der Waals surface area contributed by atoms with E-state index in [2.05, 4.69) is 17.4 Å². The van der Waals surface area contributed by atoms with Crippen LogP contribution in [-0.2, 0) is 7.05 Å². The molecule has 0 amide bonds. The van der Waals surface area contributed by atoms with Gasteiger partial charge in [-0.25, -0.2) is 0 Å². The zero-order valence-electron chi connectivity index (χ0n) is 8.38. The average Bonchev–Trinajstić information content (AvgIpc) is 2.75. The fourth-order valence-corrected chi connectivity index (χ4v) is 1.38. The Morgan fingerprint density at radius 2 is 2.07 bits per heavy atom. The van der Waals surface area contributed by atoms with Crippen LogP contribution in [0.15, 0.2) is 36.9 Å². The van der Waals surface area contributed by atoms with E-state index in [-0.39, 0.29) is 6.04 Å². The van der Waals surface area contributed by atoms with E-state index in [0.29, 0.717) is 0 Å². The summed E-state index contributed by atoms with van der Waals surface area (Å²) in [5.74, 6) is 0. The second kappa shape index (κ2) is 3.57. The molecule has 4 nitrogen and oxygen atoms in total. The van der Waals surface area contributed by atoms with Crippen molar-refractivity contribution in [2.75, 3.05) is 5.43 Å². The van der Waals surface area contributed by atoms with Crippen LogP contribution in [0.3, 0.4) is 0 Å². The molecule has 4 heteroatoms. The van der Waals surface area contributed by atoms with Gasteiger partial charge in [-0.05, 0) is 19.1 Å². The molecule has 1 unspecified atom stereocenters. The Balaban J connectivity index is 2.06. The Bertz CT molecular complexity index is 388. The average molecular weight is 190 g/mol. The number of aromatic nitrogens is 3. The molecule has 1 atom stereocenters.